The van der Waals surface area contributed by atoms with Gasteiger partial charge < -0.3 is 0 Å². The van der Waals surface area contributed by atoms with Crippen LogP contribution in [0.3, 0.4) is 0 Å². The summed E-state index contributed by atoms with van der Waals surface area (Å²) in [5, 5.41) is 6.44. The molecule has 0 bridgehead atoms. The summed E-state index contributed by atoms with van der Waals surface area (Å²) in [4.78, 5) is 2.49. The maximum Gasteiger partial charge on any atom is 0.0246 e. The van der Waals surface area contributed by atoms with Crippen LogP contribution in [0.1, 0.15) is 12.5 Å². The van der Waals surface area contributed by atoms with Crippen LogP contribution < -0.4 is 0 Å². The van der Waals surface area contributed by atoms with E-state index in [2.05, 4.69) is 82.4 Å². The third kappa shape index (κ3) is 2.97. The highest BCUT2D eigenvalue weighted by Gasteiger charge is 2.10. The zero-order valence-corrected chi connectivity index (χ0v) is 13.9. The third-order valence-electron chi connectivity index (χ3n) is 4.11. The smallest absolute Gasteiger partial charge is 0.0246 e. The van der Waals surface area contributed by atoms with Crippen LogP contribution >= 0.6 is 15.9 Å². The molecule has 3 rings (SSSR count). The lowest BCUT2D eigenvalue weighted by Gasteiger charge is -2.21. The Labute approximate surface area is 134 Å². The van der Waals surface area contributed by atoms with Crippen molar-refractivity contribution in [3.05, 3.63) is 60.2 Å². The predicted octanol–water partition coefficient (Wildman–Crippen LogP) is 5.21. The molecule has 0 aliphatic heterocycles. The zero-order chi connectivity index (χ0) is 14.7. The fraction of sp³-hybridized carbons (Fsp3) is 0.263. The van der Waals surface area contributed by atoms with E-state index in [1.165, 1.54) is 27.1 Å². The van der Waals surface area contributed by atoms with Gasteiger partial charge in [-0.3, -0.25) is 4.90 Å². The van der Waals surface area contributed by atoms with E-state index >= 15 is 0 Å². The Morgan fingerprint density at radius 2 is 1.48 bits per heavy atom. The number of hydrogen-bond acceptors (Lipinski definition) is 1. The molecule has 0 radical (unpaired) electrons. The van der Waals surface area contributed by atoms with Gasteiger partial charge in [0, 0.05) is 18.4 Å². The van der Waals surface area contributed by atoms with Gasteiger partial charge in [0.15, 0.2) is 0 Å². The number of rotatable bonds is 5. The number of benzene rings is 3. The second-order valence-electron chi connectivity index (χ2n) is 5.36. The summed E-state index contributed by atoms with van der Waals surface area (Å²) in [6.07, 6.45) is 0. The van der Waals surface area contributed by atoms with Gasteiger partial charge in [0.2, 0.25) is 0 Å². The van der Waals surface area contributed by atoms with Gasteiger partial charge in [-0.2, -0.15) is 0 Å². The van der Waals surface area contributed by atoms with Gasteiger partial charge in [0.25, 0.3) is 0 Å². The van der Waals surface area contributed by atoms with Crippen LogP contribution in [0.15, 0.2) is 54.6 Å². The Morgan fingerprint density at radius 3 is 2.00 bits per heavy atom. The Balaban J connectivity index is 2.19. The summed E-state index contributed by atoms with van der Waals surface area (Å²) >= 11 is 3.56. The lowest BCUT2D eigenvalue weighted by Crippen LogP contribution is -2.25. The Morgan fingerprint density at radius 1 is 0.905 bits per heavy atom. The highest BCUT2D eigenvalue weighted by atomic mass is 79.9. The van der Waals surface area contributed by atoms with Crippen LogP contribution in [-0.2, 0) is 6.54 Å². The van der Waals surface area contributed by atoms with Gasteiger partial charge in [-0.05, 0) is 39.7 Å². The standard InChI is InChI=1S/C19H20BrN/c1-2-21(12-11-20)14-19-17-9-5-3-7-15(17)13-16-8-4-6-10-18(16)19/h3-10,13H,2,11-12,14H2,1H3. The van der Waals surface area contributed by atoms with Crippen molar-refractivity contribution in [1.29, 1.82) is 0 Å². The second kappa shape index (κ2) is 6.59. The number of nitrogens with zero attached hydrogens (tertiary/aromatic N) is 1. The van der Waals surface area contributed by atoms with E-state index in [9.17, 15) is 0 Å². The molecule has 21 heavy (non-hydrogen) atoms. The summed E-state index contributed by atoms with van der Waals surface area (Å²) in [6, 6.07) is 19.8. The minimum atomic E-state index is 1.00. The molecule has 3 aromatic rings. The van der Waals surface area contributed by atoms with E-state index < -0.39 is 0 Å². The average Bonchev–Trinajstić information content (AvgIpc) is 2.53. The Hall–Kier alpha value is -1.38. The van der Waals surface area contributed by atoms with Crippen molar-refractivity contribution in [3.63, 3.8) is 0 Å². The van der Waals surface area contributed by atoms with Crippen molar-refractivity contribution >= 4 is 37.5 Å². The van der Waals surface area contributed by atoms with Gasteiger partial charge in [0.1, 0.15) is 0 Å². The van der Waals surface area contributed by atoms with E-state index in [0.29, 0.717) is 0 Å². The van der Waals surface area contributed by atoms with Gasteiger partial charge in [0.05, 0.1) is 0 Å². The molecule has 3 aromatic carbocycles. The SMILES string of the molecule is CCN(CCBr)Cc1c2ccccc2cc2ccccc12. The van der Waals surface area contributed by atoms with Crippen LogP contribution in [-0.4, -0.2) is 23.3 Å². The molecule has 0 spiro atoms. The van der Waals surface area contributed by atoms with Gasteiger partial charge in [-0.25, -0.2) is 0 Å². The molecular weight excluding hydrogens is 322 g/mol. The summed E-state index contributed by atoms with van der Waals surface area (Å²) < 4.78 is 0. The molecule has 108 valence electrons. The summed E-state index contributed by atoms with van der Waals surface area (Å²) in [7, 11) is 0. The molecule has 0 aliphatic rings. The first-order valence-corrected chi connectivity index (χ1v) is 8.63. The van der Waals surface area contributed by atoms with Crippen molar-refractivity contribution in [3.8, 4) is 0 Å². The normalized spacial score (nSPS) is 11.6. The highest BCUT2D eigenvalue weighted by Crippen LogP contribution is 2.29. The maximum absolute atomic E-state index is 3.56. The zero-order valence-electron chi connectivity index (χ0n) is 12.3. The molecule has 0 N–H and O–H groups in total. The van der Waals surface area contributed by atoms with Crippen molar-refractivity contribution in [2.45, 2.75) is 13.5 Å². The summed E-state index contributed by atoms with van der Waals surface area (Å²) in [5.74, 6) is 0. The van der Waals surface area contributed by atoms with Gasteiger partial charge in [-0.15, -0.1) is 0 Å². The molecule has 0 amide bonds. The molecule has 0 aliphatic carbocycles. The van der Waals surface area contributed by atoms with Crippen molar-refractivity contribution < 1.29 is 0 Å². The van der Waals surface area contributed by atoms with E-state index in [4.69, 9.17) is 0 Å². The molecule has 0 fully saturated rings. The monoisotopic (exact) mass is 341 g/mol. The van der Waals surface area contributed by atoms with Crippen molar-refractivity contribution in [2.75, 3.05) is 18.4 Å². The minimum absolute atomic E-state index is 1.00. The van der Waals surface area contributed by atoms with Crippen LogP contribution in [0.5, 0.6) is 0 Å². The molecule has 0 unspecified atom stereocenters. The average molecular weight is 342 g/mol. The predicted molar refractivity (Wildman–Crippen MR) is 96.2 cm³/mol. The van der Waals surface area contributed by atoms with E-state index in [1.54, 1.807) is 0 Å². The molecule has 0 saturated heterocycles. The Kier molecular flexibility index (Phi) is 4.57. The first-order chi connectivity index (χ1) is 10.3. The maximum atomic E-state index is 3.56. The molecule has 0 atom stereocenters. The summed E-state index contributed by atoms with van der Waals surface area (Å²) in [6.45, 7) is 5.39. The lowest BCUT2D eigenvalue weighted by molar-refractivity contribution is 0.301. The molecule has 0 saturated carbocycles. The van der Waals surface area contributed by atoms with Crippen LogP contribution in [0, 0.1) is 0 Å². The van der Waals surface area contributed by atoms with Crippen LogP contribution in [0.2, 0.25) is 0 Å². The second-order valence-corrected chi connectivity index (χ2v) is 6.15. The first kappa shape index (κ1) is 14.6. The number of halogens is 1. The third-order valence-corrected chi connectivity index (χ3v) is 4.47. The fourth-order valence-electron chi connectivity index (χ4n) is 2.97. The molecule has 0 heterocycles. The van der Waals surface area contributed by atoms with Gasteiger partial charge in [-0.1, -0.05) is 71.4 Å². The lowest BCUT2D eigenvalue weighted by atomic mass is 9.96. The summed E-state index contributed by atoms with van der Waals surface area (Å²) in [5.41, 5.74) is 1.45. The topological polar surface area (TPSA) is 3.24 Å². The molecule has 2 heteroatoms. The van der Waals surface area contributed by atoms with Crippen molar-refractivity contribution in [2.24, 2.45) is 0 Å². The Bertz CT molecular complexity index is 697. The fourth-order valence-corrected chi connectivity index (χ4v) is 3.47. The highest BCUT2D eigenvalue weighted by molar-refractivity contribution is 9.09. The van der Waals surface area contributed by atoms with Crippen molar-refractivity contribution in [1.82, 2.24) is 4.90 Å². The number of hydrogen-bond donors (Lipinski definition) is 0. The van der Waals surface area contributed by atoms with E-state index in [1.807, 2.05) is 0 Å². The van der Waals surface area contributed by atoms with Crippen LogP contribution in [0.4, 0.5) is 0 Å². The molecule has 0 aromatic heterocycles. The van der Waals surface area contributed by atoms with E-state index in [0.717, 1.165) is 25.0 Å². The van der Waals surface area contributed by atoms with E-state index in [-0.39, 0.29) is 0 Å². The quantitative estimate of drug-likeness (QED) is 0.454. The number of fused-ring (bicyclic) bond motifs is 2. The molecule has 1 nitrogen and oxygen atoms in total. The van der Waals surface area contributed by atoms with Crippen LogP contribution in [0.25, 0.3) is 21.5 Å². The molecular formula is C19H20BrN. The minimum Gasteiger partial charge on any atom is -0.298 e. The number of alkyl halides is 1. The largest absolute Gasteiger partial charge is 0.298 e. The first-order valence-electron chi connectivity index (χ1n) is 7.51. The van der Waals surface area contributed by atoms with Gasteiger partial charge >= 0.3 is 0 Å².